The lowest BCUT2D eigenvalue weighted by Crippen LogP contribution is -2.60. The second-order valence-corrected chi connectivity index (χ2v) is 8.65. The zero-order chi connectivity index (χ0) is 29.3. The van der Waals surface area contributed by atoms with E-state index in [9.17, 15) is 30.3 Å². The highest BCUT2D eigenvalue weighted by Crippen LogP contribution is 2.47. The first kappa shape index (κ1) is 29.0. The van der Waals surface area contributed by atoms with Crippen LogP contribution < -0.4 is 33.8 Å². The Kier molecular flexibility index (Phi) is 8.46. The first-order valence-electron chi connectivity index (χ1n) is 11.9. The van der Waals surface area contributed by atoms with Crippen LogP contribution in [0.4, 0.5) is 0 Å². The topological polar surface area (TPSA) is 196 Å². The second-order valence-electron chi connectivity index (χ2n) is 8.65. The van der Waals surface area contributed by atoms with Crippen molar-refractivity contribution < 1.29 is 63.1 Å². The molecule has 5 N–H and O–H groups in total. The maximum absolute atomic E-state index is 13.5. The van der Waals surface area contributed by atoms with Gasteiger partial charge in [-0.3, -0.25) is 4.79 Å². The first-order valence-corrected chi connectivity index (χ1v) is 11.9. The Labute approximate surface area is 227 Å². The average Bonchev–Trinajstić information content (AvgIpc) is 2.96. The highest BCUT2D eigenvalue weighted by molar-refractivity contribution is 5.92. The third-order valence-electron chi connectivity index (χ3n) is 6.49. The molecule has 1 aliphatic rings. The van der Waals surface area contributed by atoms with Crippen LogP contribution in [0.25, 0.3) is 22.3 Å². The average molecular weight is 567 g/mol. The highest BCUT2D eigenvalue weighted by Gasteiger charge is 2.45. The van der Waals surface area contributed by atoms with Gasteiger partial charge in [0, 0.05) is 12.1 Å². The van der Waals surface area contributed by atoms with Gasteiger partial charge in [-0.1, -0.05) is 0 Å². The molecule has 2 unspecified atom stereocenters. The molecule has 0 bridgehead atoms. The molecule has 2 heterocycles. The number of rotatable bonds is 9. The van der Waals surface area contributed by atoms with E-state index in [1.54, 1.807) is 0 Å². The van der Waals surface area contributed by atoms with Crippen molar-refractivity contribution in [3.05, 3.63) is 28.4 Å². The van der Waals surface area contributed by atoms with E-state index >= 15 is 0 Å². The Morgan fingerprint density at radius 3 is 1.98 bits per heavy atom. The predicted molar refractivity (Wildman–Crippen MR) is 137 cm³/mol. The molecule has 14 nitrogen and oxygen atoms in total. The summed E-state index contributed by atoms with van der Waals surface area (Å²) in [4.78, 5) is 13.5. The number of phenolic OH excluding ortho intramolecular Hbond substituents is 1. The van der Waals surface area contributed by atoms with Crippen LogP contribution in [0.5, 0.6) is 40.2 Å². The van der Waals surface area contributed by atoms with Gasteiger partial charge in [0.1, 0.15) is 41.1 Å². The fourth-order valence-electron chi connectivity index (χ4n) is 4.41. The van der Waals surface area contributed by atoms with Crippen LogP contribution in [-0.2, 0) is 4.74 Å². The normalized spacial score (nSPS) is 22.6. The number of hydrogen-bond donors (Lipinski definition) is 5. The van der Waals surface area contributed by atoms with Gasteiger partial charge in [-0.25, -0.2) is 0 Å². The van der Waals surface area contributed by atoms with E-state index in [2.05, 4.69) is 0 Å². The lowest BCUT2D eigenvalue weighted by Gasteiger charge is -2.39. The predicted octanol–water partition coefficient (Wildman–Crippen LogP) is 0.387. The van der Waals surface area contributed by atoms with Gasteiger partial charge in [0.05, 0.1) is 47.7 Å². The quantitative estimate of drug-likeness (QED) is 0.238. The number of fused-ring (bicyclic) bond motifs is 1. The summed E-state index contributed by atoms with van der Waals surface area (Å²) in [7, 11) is 6.60. The summed E-state index contributed by atoms with van der Waals surface area (Å²) in [5.74, 6) is -0.761. The number of benzene rings is 2. The molecule has 0 saturated carbocycles. The third-order valence-corrected chi connectivity index (χ3v) is 6.49. The van der Waals surface area contributed by atoms with E-state index in [4.69, 9.17) is 37.6 Å². The van der Waals surface area contributed by atoms with Gasteiger partial charge in [0.25, 0.3) is 0 Å². The molecule has 0 radical (unpaired) electrons. The Morgan fingerprint density at radius 2 is 1.40 bits per heavy atom. The number of methoxy groups -OCH3 is 5. The number of hydrogen-bond acceptors (Lipinski definition) is 14. The van der Waals surface area contributed by atoms with Crippen molar-refractivity contribution in [2.45, 2.75) is 30.7 Å². The molecule has 1 aliphatic heterocycles. The summed E-state index contributed by atoms with van der Waals surface area (Å²) in [6.07, 6.45) is -7.89. The molecule has 2 aromatic carbocycles. The molecule has 1 saturated heterocycles. The van der Waals surface area contributed by atoms with Gasteiger partial charge in [-0.15, -0.1) is 0 Å². The van der Waals surface area contributed by atoms with Gasteiger partial charge >= 0.3 is 0 Å². The summed E-state index contributed by atoms with van der Waals surface area (Å²) in [5.41, 5.74) is -0.796. The number of ether oxygens (including phenoxy) is 7. The molecule has 0 amide bonds. The lowest BCUT2D eigenvalue weighted by atomic mass is 9.99. The van der Waals surface area contributed by atoms with Crippen LogP contribution in [0.2, 0.25) is 0 Å². The van der Waals surface area contributed by atoms with Crippen LogP contribution >= 0.6 is 0 Å². The van der Waals surface area contributed by atoms with Crippen LogP contribution in [-0.4, -0.2) is 98.4 Å². The van der Waals surface area contributed by atoms with Crippen molar-refractivity contribution in [1.82, 2.24) is 0 Å². The van der Waals surface area contributed by atoms with Crippen molar-refractivity contribution in [2.24, 2.45) is 0 Å². The molecular formula is C26H30O14. The SMILES string of the molecule is COc1cc(O[C@@H]2OC(CO)[C@H](O)[C@H](O)C2O)c(-c2oc3cc(OC)c(OC)c(O)c3c(=O)c2OC)cc1OC. The van der Waals surface area contributed by atoms with E-state index in [0.717, 1.165) is 0 Å². The van der Waals surface area contributed by atoms with Crippen molar-refractivity contribution in [3.63, 3.8) is 0 Å². The van der Waals surface area contributed by atoms with Crippen molar-refractivity contribution in [2.75, 3.05) is 42.2 Å². The van der Waals surface area contributed by atoms with E-state index in [0.29, 0.717) is 0 Å². The van der Waals surface area contributed by atoms with Crippen molar-refractivity contribution in [3.8, 4) is 51.6 Å². The van der Waals surface area contributed by atoms with E-state index in [-0.39, 0.29) is 56.8 Å². The van der Waals surface area contributed by atoms with Crippen LogP contribution in [0.1, 0.15) is 0 Å². The molecule has 1 aromatic heterocycles. The first-order chi connectivity index (χ1) is 19.1. The van der Waals surface area contributed by atoms with E-state index in [1.807, 2.05) is 0 Å². The molecular weight excluding hydrogens is 536 g/mol. The fraction of sp³-hybridized carbons (Fsp3) is 0.423. The van der Waals surface area contributed by atoms with Crippen LogP contribution in [0.3, 0.4) is 0 Å². The Bertz CT molecular complexity index is 1430. The summed E-state index contributed by atoms with van der Waals surface area (Å²) < 4.78 is 44.0. The largest absolute Gasteiger partial charge is 0.504 e. The molecule has 0 aliphatic carbocycles. The monoisotopic (exact) mass is 566 g/mol. The Morgan fingerprint density at radius 1 is 0.775 bits per heavy atom. The zero-order valence-electron chi connectivity index (χ0n) is 22.2. The summed E-state index contributed by atoms with van der Waals surface area (Å²) in [6.45, 7) is -0.675. The third kappa shape index (κ3) is 4.80. The van der Waals surface area contributed by atoms with Crippen LogP contribution in [0, 0.1) is 0 Å². The van der Waals surface area contributed by atoms with E-state index < -0.39 is 48.5 Å². The van der Waals surface area contributed by atoms with Gasteiger partial charge in [-0.05, 0) is 6.07 Å². The standard InChI is InChI=1S/C26H30O14/c1-33-12-6-10(11(7-13(12)34-2)39-26-22(32)21(31)18(28)16(9-27)40-26)23-25(37-5)20(30)17-14(38-23)8-15(35-3)24(36-4)19(17)29/h6-8,16,18,21-22,26-29,31-32H,9H2,1-5H3/t16?,18-,21-,22?,26+/m0/s1. The van der Waals surface area contributed by atoms with Gasteiger partial charge in [0.2, 0.25) is 23.2 Å². The van der Waals surface area contributed by atoms with Crippen molar-refractivity contribution >= 4 is 11.0 Å². The smallest absolute Gasteiger partial charge is 0.239 e. The number of aliphatic hydroxyl groups excluding tert-OH is 4. The summed E-state index contributed by atoms with van der Waals surface area (Å²) in [5, 5.41) is 51.0. The van der Waals surface area contributed by atoms with Crippen LogP contribution in [0.15, 0.2) is 27.4 Å². The fourth-order valence-corrected chi connectivity index (χ4v) is 4.41. The molecule has 3 aromatic rings. The summed E-state index contributed by atoms with van der Waals surface area (Å²) in [6, 6.07) is 4.11. The minimum atomic E-state index is -1.74. The number of aliphatic hydroxyl groups is 4. The minimum Gasteiger partial charge on any atom is -0.504 e. The molecule has 218 valence electrons. The minimum absolute atomic E-state index is 0.0553. The van der Waals surface area contributed by atoms with Gasteiger partial charge in [-0.2, -0.15) is 0 Å². The number of aromatic hydroxyl groups is 1. The highest BCUT2D eigenvalue weighted by atomic mass is 16.7. The maximum Gasteiger partial charge on any atom is 0.239 e. The van der Waals surface area contributed by atoms with E-state index in [1.165, 1.54) is 53.7 Å². The lowest BCUT2D eigenvalue weighted by molar-refractivity contribution is -0.277. The van der Waals surface area contributed by atoms with Gasteiger partial charge in [0.15, 0.2) is 28.8 Å². The number of phenols is 1. The molecule has 40 heavy (non-hydrogen) atoms. The Hall–Kier alpha value is -3.95. The molecule has 1 fully saturated rings. The summed E-state index contributed by atoms with van der Waals surface area (Å²) >= 11 is 0. The molecule has 0 spiro atoms. The molecule has 4 rings (SSSR count). The van der Waals surface area contributed by atoms with Crippen molar-refractivity contribution in [1.29, 1.82) is 0 Å². The molecule has 5 atom stereocenters. The molecule has 14 heteroatoms. The second kappa shape index (κ2) is 11.7. The maximum atomic E-state index is 13.5. The Balaban J connectivity index is 1.97. The van der Waals surface area contributed by atoms with Gasteiger partial charge < -0.3 is 63.1 Å². The zero-order valence-corrected chi connectivity index (χ0v) is 22.2.